The smallest absolute Gasteiger partial charge is 0.125 e. The van der Waals surface area contributed by atoms with Crippen LogP contribution in [0.15, 0.2) is 27.0 Å². The van der Waals surface area contributed by atoms with Crippen molar-refractivity contribution in [1.82, 2.24) is 5.32 Å². The summed E-state index contributed by atoms with van der Waals surface area (Å²) in [4.78, 5) is 0. The van der Waals surface area contributed by atoms with Crippen molar-refractivity contribution in [3.8, 4) is 0 Å². The minimum atomic E-state index is 0.0627. The SMILES string of the molecule is CCc1ccc(C(NC)c2cc(C)oc2C)o1. The van der Waals surface area contributed by atoms with Crippen LogP contribution in [-0.4, -0.2) is 7.05 Å². The fourth-order valence-electron chi connectivity index (χ4n) is 2.13. The molecule has 2 aromatic rings. The second kappa shape index (κ2) is 4.80. The van der Waals surface area contributed by atoms with Crippen LogP contribution >= 0.6 is 0 Å². The molecule has 17 heavy (non-hydrogen) atoms. The first kappa shape index (κ1) is 12.0. The van der Waals surface area contributed by atoms with E-state index in [0.29, 0.717) is 0 Å². The van der Waals surface area contributed by atoms with Crippen molar-refractivity contribution in [2.45, 2.75) is 33.2 Å². The third-order valence-electron chi connectivity index (χ3n) is 2.99. The Morgan fingerprint density at radius 2 is 2.00 bits per heavy atom. The molecule has 92 valence electrons. The Labute approximate surface area is 102 Å². The average Bonchev–Trinajstić information content (AvgIpc) is 2.88. The normalized spacial score (nSPS) is 12.9. The van der Waals surface area contributed by atoms with Crippen molar-refractivity contribution in [3.63, 3.8) is 0 Å². The summed E-state index contributed by atoms with van der Waals surface area (Å²) in [5.41, 5.74) is 1.14. The van der Waals surface area contributed by atoms with Gasteiger partial charge in [-0.05, 0) is 39.1 Å². The number of rotatable bonds is 4. The Hall–Kier alpha value is -1.48. The molecule has 0 aliphatic heterocycles. The molecular weight excluding hydrogens is 214 g/mol. The Morgan fingerprint density at radius 3 is 2.47 bits per heavy atom. The van der Waals surface area contributed by atoms with E-state index in [0.717, 1.165) is 35.0 Å². The minimum absolute atomic E-state index is 0.0627. The Bertz CT molecular complexity index is 496. The van der Waals surface area contributed by atoms with E-state index < -0.39 is 0 Å². The second-order valence-electron chi connectivity index (χ2n) is 4.25. The number of hydrogen-bond acceptors (Lipinski definition) is 3. The number of nitrogens with one attached hydrogen (secondary N) is 1. The first-order valence-corrected chi connectivity index (χ1v) is 5.98. The fourth-order valence-corrected chi connectivity index (χ4v) is 2.13. The van der Waals surface area contributed by atoms with Gasteiger partial charge in [0.2, 0.25) is 0 Å². The van der Waals surface area contributed by atoms with E-state index in [1.165, 1.54) is 0 Å². The van der Waals surface area contributed by atoms with Crippen LogP contribution in [0.2, 0.25) is 0 Å². The summed E-state index contributed by atoms with van der Waals surface area (Å²) in [5, 5.41) is 3.27. The first-order chi connectivity index (χ1) is 8.15. The van der Waals surface area contributed by atoms with Crippen molar-refractivity contribution in [2.24, 2.45) is 0 Å². The van der Waals surface area contributed by atoms with Crippen LogP contribution < -0.4 is 5.32 Å². The molecular formula is C14H19NO2. The van der Waals surface area contributed by atoms with Gasteiger partial charge in [-0.3, -0.25) is 0 Å². The molecule has 3 nitrogen and oxygen atoms in total. The Balaban J connectivity index is 2.36. The van der Waals surface area contributed by atoms with Gasteiger partial charge < -0.3 is 14.2 Å². The van der Waals surface area contributed by atoms with Crippen molar-refractivity contribution in [1.29, 1.82) is 0 Å². The van der Waals surface area contributed by atoms with Crippen LogP contribution in [0.5, 0.6) is 0 Å². The molecule has 0 saturated carbocycles. The van der Waals surface area contributed by atoms with Gasteiger partial charge in [-0.1, -0.05) is 6.92 Å². The van der Waals surface area contributed by atoms with Crippen molar-refractivity contribution >= 4 is 0 Å². The quantitative estimate of drug-likeness (QED) is 0.880. The third kappa shape index (κ3) is 2.29. The lowest BCUT2D eigenvalue weighted by atomic mass is 10.1. The van der Waals surface area contributed by atoms with Gasteiger partial charge in [0.15, 0.2) is 0 Å². The largest absolute Gasteiger partial charge is 0.466 e. The zero-order valence-electron chi connectivity index (χ0n) is 10.8. The lowest BCUT2D eigenvalue weighted by molar-refractivity contribution is 0.428. The highest BCUT2D eigenvalue weighted by atomic mass is 16.3. The highest BCUT2D eigenvalue weighted by Crippen LogP contribution is 2.28. The molecule has 2 heterocycles. The molecule has 0 saturated heterocycles. The topological polar surface area (TPSA) is 38.3 Å². The lowest BCUT2D eigenvalue weighted by Gasteiger charge is -2.12. The molecule has 1 N–H and O–H groups in total. The zero-order chi connectivity index (χ0) is 12.4. The first-order valence-electron chi connectivity index (χ1n) is 5.98. The standard InChI is InChI=1S/C14H19NO2/c1-5-11-6-7-13(17-11)14(15-4)12-8-9(2)16-10(12)3/h6-8,14-15H,5H2,1-4H3. The van der Waals surface area contributed by atoms with Gasteiger partial charge >= 0.3 is 0 Å². The van der Waals surface area contributed by atoms with Gasteiger partial charge in [0.1, 0.15) is 23.0 Å². The molecule has 0 aliphatic rings. The van der Waals surface area contributed by atoms with Gasteiger partial charge in [-0.15, -0.1) is 0 Å². The molecule has 2 aromatic heterocycles. The van der Waals surface area contributed by atoms with E-state index in [9.17, 15) is 0 Å². The molecule has 0 aromatic carbocycles. The van der Waals surface area contributed by atoms with E-state index in [2.05, 4.69) is 18.3 Å². The number of aryl methyl sites for hydroxylation is 3. The molecule has 2 rings (SSSR count). The summed E-state index contributed by atoms with van der Waals surface area (Å²) in [6, 6.07) is 6.18. The van der Waals surface area contributed by atoms with Gasteiger partial charge in [0.05, 0.1) is 6.04 Å². The Morgan fingerprint density at radius 1 is 1.24 bits per heavy atom. The molecule has 0 radical (unpaired) electrons. The molecule has 0 fully saturated rings. The summed E-state index contributed by atoms with van der Waals surface area (Å²) in [5.74, 6) is 3.82. The molecule has 0 amide bonds. The predicted octanol–water partition coefficient (Wildman–Crippen LogP) is 3.36. The molecule has 0 aliphatic carbocycles. The number of furan rings is 2. The monoisotopic (exact) mass is 233 g/mol. The molecule has 1 unspecified atom stereocenters. The van der Waals surface area contributed by atoms with Crippen LogP contribution in [0.4, 0.5) is 0 Å². The maximum absolute atomic E-state index is 5.80. The van der Waals surface area contributed by atoms with E-state index in [1.54, 1.807) is 0 Å². The predicted molar refractivity (Wildman–Crippen MR) is 67.2 cm³/mol. The maximum Gasteiger partial charge on any atom is 0.125 e. The van der Waals surface area contributed by atoms with E-state index in [-0.39, 0.29) is 6.04 Å². The van der Waals surface area contributed by atoms with Crippen LogP contribution in [0.25, 0.3) is 0 Å². The fraction of sp³-hybridized carbons (Fsp3) is 0.429. The third-order valence-corrected chi connectivity index (χ3v) is 2.99. The number of hydrogen-bond donors (Lipinski definition) is 1. The summed E-state index contributed by atoms with van der Waals surface area (Å²) in [7, 11) is 1.93. The van der Waals surface area contributed by atoms with E-state index in [4.69, 9.17) is 8.83 Å². The maximum atomic E-state index is 5.80. The van der Waals surface area contributed by atoms with Gasteiger partial charge in [-0.2, -0.15) is 0 Å². The van der Waals surface area contributed by atoms with Gasteiger partial charge in [0.25, 0.3) is 0 Å². The lowest BCUT2D eigenvalue weighted by Crippen LogP contribution is -2.17. The van der Waals surface area contributed by atoms with Crippen LogP contribution in [0, 0.1) is 13.8 Å². The highest BCUT2D eigenvalue weighted by Gasteiger charge is 2.20. The van der Waals surface area contributed by atoms with Crippen molar-refractivity contribution in [2.75, 3.05) is 7.05 Å². The molecule has 0 spiro atoms. The summed E-state index contributed by atoms with van der Waals surface area (Å²) >= 11 is 0. The molecule has 0 bridgehead atoms. The van der Waals surface area contributed by atoms with Crippen LogP contribution in [-0.2, 0) is 6.42 Å². The average molecular weight is 233 g/mol. The second-order valence-corrected chi connectivity index (χ2v) is 4.25. The zero-order valence-corrected chi connectivity index (χ0v) is 10.8. The Kier molecular flexibility index (Phi) is 3.38. The van der Waals surface area contributed by atoms with Crippen molar-refractivity contribution < 1.29 is 8.83 Å². The van der Waals surface area contributed by atoms with E-state index in [1.807, 2.05) is 33.0 Å². The van der Waals surface area contributed by atoms with E-state index >= 15 is 0 Å². The summed E-state index contributed by atoms with van der Waals surface area (Å²) in [6.07, 6.45) is 0.916. The summed E-state index contributed by atoms with van der Waals surface area (Å²) in [6.45, 7) is 6.03. The minimum Gasteiger partial charge on any atom is -0.466 e. The van der Waals surface area contributed by atoms with Crippen LogP contribution in [0.1, 0.15) is 41.6 Å². The molecule has 1 atom stereocenters. The highest BCUT2D eigenvalue weighted by molar-refractivity contribution is 5.30. The van der Waals surface area contributed by atoms with Crippen LogP contribution in [0.3, 0.4) is 0 Å². The van der Waals surface area contributed by atoms with Crippen molar-refractivity contribution in [3.05, 3.63) is 46.8 Å². The van der Waals surface area contributed by atoms with Gasteiger partial charge in [-0.25, -0.2) is 0 Å². The molecule has 3 heteroatoms. The van der Waals surface area contributed by atoms with Gasteiger partial charge in [0, 0.05) is 12.0 Å². The summed E-state index contributed by atoms with van der Waals surface area (Å²) < 4.78 is 11.4.